The molecule has 2 amide bonds. The maximum atomic E-state index is 11.8. The van der Waals surface area contributed by atoms with Gasteiger partial charge in [-0.25, -0.2) is 0 Å². The predicted molar refractivity (Wildman–Crippen MR) is 65.8 cm³/mol. The van der Waals surface area contributed by atoms with Crippen LogP contribution in [0.2, 0.25) is 0 Å². The Labute approximate surface area is 111 Å². The zero-order valence-electron chi connectivity index (χ0n) is 10.2. The first-order chi connectivity index (χ1) is 9.56. The lowest BCUT2D eigenvalue weighted by molar-refractivity contribution is -0.384. The van der Waals surface area contributed by atoms with Gasteiger partial charge in [-0.3, -0.25) is 25.0 Å². The molecule has 3 rings (SSSR count). The molecule has 8 heteroatoms. The van der Waals surface area contributed by atoms with Gasteiger partial charge in [-0.15, -0.1) is 0 Å². The van der Waals surface area contributed by atoms with E-state index in [1.54, 1.807) is 0 Å². The molecule has 2 heterocycles. The molecule has 102 valence electrons. The molecule has 20 heavy (non-hydrogen) atoms. The number of hydrogen-bond donors (Lipinski definition) is 1. The highest BCUT2D eigenvalue weighted by atomic mass is 16.6. The number of carbonyl (C=O) groups is 2. The standard InChI is InChI=1S/C12H9N3O5/c16-10-4-2-7(12(17)13-10)11-8-5-6(15(18)19)1-3-9(8)20-14-11/h1,3,5,7H,2,4H2,(H,13,16,17). The van der Waals surface area contributed by atoms with Crippen molar-refractivity contribution in [2.75, 3.05) is 0 Å². The van der Waals surface area contributed by atoms with Gasteiger partial charge < -0.3 is 4.52 Å². The van der Waals surface area contributed by atoms with Crippen molar-refractivity contribution in [1.29, 1.82) is 0 Å². The lowest BCUT2D eigenvalue weighted by Crippen LogP contribution is -2.39. The van der Waals surface area contributed by atoms with Gasteiger partial charge >= 0.3 is 0 Å². The quantitative estimate of drug-likeness (QED) is 0.501. The molecule has 8 nitrogen and oxygen atoms in total. The largest absolute Gasteiger partial charge is 0.356 e. The molecule has 2 aromatic rings. The van der Waals surface area contributed by atoms with Crippen molar-refractivity contribution in [2.24, 2.45) is 0 Å². The highest BCUT2D eigenvalue weighted by Crippen LogP contribution is 2.32. The molecule has 1 aromatic carbocycles. The van der Waals surface area contributed by atoms with Crippen LogP contribution in [0.1, 0.15) is 24.5 Å². The van der Waals surface area contributed by atoms with Crippen molar-refractivity contribution in [3.05, 3.63) is 34.0 Å². The highest BCUT2D eigenvalue weighted by molar-refractivity contribution is 6.02. The van der Waals surface area contributed by atoms with Gasteiger partial charge in [-0.1, -0.05) is 5.16 Å². The number of fused-ring (bicyclic) bond motifs is 1. The number of hydrogen-bond acceptors (Lipinski definition) is 6. The van der Waals surface area contributed by atoms with Crippen LogP contribution in [0.4, 0.5) is 5.69 Å². The zero-order valence-corrected chi connectivity index (χ0v) is 10.2. The molecule has 1 atom stereocenters. The van der Waals surface area contributed by atoms with Gasteiger partial charge in [-0.2, -0.15) is 0 Å². The van der Waals surface area contributed by atoms with Crippen LogP contribution in [0.5, 0.6) is 0 Å². The van der Waals surface area contributed by atoms with Crippen LogP contribution in [0.15, 0.2) is 22.7 Å². The molecule has 1 aliphatic rings. The fourth-order valence-corrected chi connectivity index (χ4v) is 2.26. The minimum atomic E-state index is -0.629. The number of non-ortho nitro benzene ring substituents is 1. The summed E-state index contributed by atoms with van der Waals surface area (Å²) in [5, 5.41) is 17.3. The van der Waals surface area contributed by atoms with Gasteiger partial charge in [0.05, 0.1) is 16.2 Å². The summed E-state index contributed by atoms with van der Waals surface area (Å²) in [4.78, 5) is 33.2. The number of nitro groups is 1. The Kier molecular flexibility index (Phi) is 2.70. The van der Waals surface area contributed by atoms with Crippen molar-refractivity contribution in [2.45, 2.75) is 18.8 Å². The number of nitro benzene ring substituents is 1. The van der Waals surface area contributed by atoms with Crippen LogP contribution in [0.25, 0.3) is 11.0 Å². The number of carbonyl (C=O) groups excluding carboxylic acids is 2. The minimum Gasteiger partial charge on any atom is -0.356 e. The van der Waals surface area contributed by atoms with E-state index in [1.807, 2.05) is 0 Å². The van der Waals surface area contributed by atoms with Crippen molar-refractivity contribution < 1.29 is 19.0 Å². The van der Waals surface area contributed by atoms with E-state index in [0.29, 0.717) is 23.1 Å². The highest BCUT2D eigenvalue weighted by Gasteiger charge is 2.32. The first-order valence-corrected chi connectivity index (χ1v) is 5.93. The van der Waals surface area contributed by atoms with E-state index in [9.17, 15) is 19.7 Å². The summed E-state index contributed by atoms with van der Waals surface area (Å²) in [6.07, 6.45) is 0.522. The molecule has 1 unspecified atom stereocenters. The van der Waals surface area contributed by atoms with E-state index in [1.165, 1.54) is 18.2 Å². The summed E-state index contributed by atoms with van der Waals surface area (Å²) in [5.41, 5.74) is 0.596. The number of imide groups is 1. The average Bonchev–Trinajstić information content (AvgIpc) is 2.81. The first kappa shape index (κ1) is 12.3. The van der Waals surface area contributed by atoms with E-state index in [0.717, 1.165) is 0 Å². The van der Waals surface area contributed by atoms with Gasteiger partial charge in [0, 0.05) is 18.6 Å². The molecule has 0 aliphatic carbocycles. The number of amides is 2. The molecule has 1 aromatic heterocycles. The molecule has 0 bridgehead atoms. The van der Waals surface area contributed by atoms with Crippen LogP contribution in [0.3, 0.4) is 0 Å². The molecule has 0 saturated carbocycles. The van der Waals surface area contributed by atoms with Gasteiger partial charge in [0.2, 0.25) is 11.8 Å². The van der Waals surface area contributed by atoms with Gasteiger partial charge in [0.15, 0.2) is 5.58 Å². The van der Waals surface area contributed by atoms with E-state index in [2.05, 4.69) is 10.5 Å². The SMILES string of the molecule is O=C1CCC(c2noc3ccc([N+](=O)[O-])cc23)C(=O)N1. The maximum absolute atomic E-state index is 11.8. The summed E-state index contributed by atoms with van der Waals surface area (Å²) in [5.74, 6) is -1.41. The molecule has 1 fully saturated rings. The Morgan fingerprint density at radius 1 is 1.40 bits per heavy atom. The van der Waals surface area contributed by atoms with Gasteiger partial charge in [0.25, 0.3) is 5.69 Å². The number of aromatic nitrogens is 1. The van der Waals surface area contributed by atoms with Crippen LogP contribution in [0, 0.1) is 10.1 Å². The number of nitrogens with zero attached hydrogens (tertiary/aromatic N) is 2. The molecular formula is C12H9N3O5. The number of piperidine rings is 1. The van der Waals surface area contributed by atoms with Crippen LogP contribution < -0.4 is 5.32 Å². The van der Waals surface area contributed by atoms with E-state index >= 15 is 0 Å². The van der Waals surface area contributed by atoms with E-state index in [4.69, 9.17) is 4.52 Å². The molecule has 1 N–H and O–H groups in total. The van der Waals surface area contributed by atoms with Crippen molar-refractivity contribution in [3.8, 4) is 0 Å². The Bertz CT molecular complexity index is 736. The van der Waals surface area contributed by atoms with E-state index in [-0.39, 0.29) is 18.0 Å². The van der Waals surface area contributed by atoms with Gasteiger partial charge in [0.1, 0.15) is 5.69 Å². The van der Waals surface area contributed by atoms with Crippen LogP contribution in [-0.2, 0) is 9.59 Å². The van der Waals surface area contributed by atoms with E-state index < -0.39 is 16.7 Å². The molecule has 0 radical (unpaired) electrons. The number of nitrogens with one attached hydrogen (secondary N) is 1. The Morgan fingerprint density at radius 2 is 2.20 bits per heavy atom. The third-order valence-corrected chi connectivity index (χ3v) is 3.26. The maximum Gasteiger partial charge on any atom is 0.270 e. The molecule has 1 aliphatic heterocycles. The second-order valence-electron chi connectivity index (χ2n) is 4.51. The van der Waals surface area contributed by atoms with Crippen LogP contribution >= 0.6 is 0 Å². The monoisotopic (exact) mass is 275 g/mol. The minimum absolute atomic E-state index is 0.103. The van der Waals surface area contributed by atoms with Crippen molar-refractivity contribution in [1.82, 2.24) is 10.5 Å². The lowest BCUT2D eigenvalue weighted by atomic mass is 9.93. The third kappa shape index (κ3) is 1.91. The first-order valence-electron chi connectivity index (χ1n) is 5.93. The summed E-state index contributed by atoms with van der Waals surface area (Å²) >= 11 is 0. The fraction of sp³-hybridized carbons (Fsp3) is 0.250. The number of rotatable bonds is 2. The molecule has 0 spiro atoms. The summed E-state index contributed by atoms with van der Waals surface area (Å²) in [7, 11) is 0. The molecule has 1 saturated heterocycles. The van der Waals surface area contributed by atoms with Crippen LogP contribution in [-0.4, -0.2) is 21.9 Å². The van der Waals surface area contributed by atoms with Gasteiger partial charge in [-0.05, 0) is 12.5 Å². The normalized spacial score (nSPS) is 19.1. The predicted octanol–water partition coefficient (Wildman–Crippen LogP) is 1.26. The second kappa shape index (κ2) is 4.41. The van der Waals surface area contributed by atoms with Crippen molar-refractivity contribution >= 4 is 28.5 Å². The Hall–Kier alpha value is -2.77. The van der Waals surface area contributed by atoms with Crippen molar-refractivity contribution in [3.63, 3.8) is 0 Å². The average molecular weight is 275 g/mol. The topological polar surface area (TPSA) is 115 Å². The second-order valence-corrected chi connectivity index (χ2v) is 4.51. The zero-order chi connectivity index (χ0) is 14.3. The lowest BCUT2D eigenvalue weighted by Gasteiger charge is -2.18. The molecular weight excluding hydrogens is 266 g/mol. The number of benzene rings is 1. The smallest absolute Gasteiger partial charge is 0.270 e. The summed E-state index contributed by atoms with van der Waals surface area (Å²) in [6, 6.07) is 4.07. The fourth-order valence-electron chi connectivity index (χ4n) is 2.26. The summed E-state index contributed by atoms with van der Waals surface area (Å²) < 4.78 is 5.07. The Balaban J connectivity index is 2.07. The summed E-state index contributed by atoms with van der Waals surface area (Å²) in [6.45, 7) is 0. The third-order valence-electron chi connectivity index (χ3n) is 3.26. The Morgan fingerprint density at radius 3 is 2.90 bits per heavy atom.